The van der Waals surface area contributed by atoms with Crippen LogP contribution in [0.25, 0.3) is 32.3 Å². The Morgan fingerprint density at radius 2 is 1.00 bits per heavy atom. The molecule has 0 spiro atoms. The fourth-order valence-electron chi connectivity index (χ4n) is 3.31. The van der Waals surface area contributed by atoms with E-state index in [-0.39, 0.29) is 5.31 Å². The van der Waals surface area contributed by atoms with Crippen LogP contribution in [-0.4, -0.2) is 7.85 Å². The summed E-state index contributed by atoms with van der Waals surface area (Å²) in [6.07, 6.45) is 0. The first-order valence-corrected chi connectivity index (χ1v) is 7.68. The van der Waals surface area contributed by atoms with Crippen molar-refractivity contribution in [1.82, 2.24) is 0 Å². The smallest absolute Gasteiger partial charge is 0.0639 e. The lowest BCUT2D eigenvalue weighted by molar-refractivity contribution is 0.766. The lowest BCUT2D eigenvalue weighted by Gasteiger charge is -2.21. The highest BCUT2D eigenvalue weighted by Gasteiger charge is 2.15. The fraction of sp³-hybridized carbons (Fsp3) is 0.143. The van der Waals surface area contributed by atoms with Crippen LogP contribution in [0.15, 0.2) is 66.7 Å². The van der Waals surface area contributed by atoms with Gasteiger partial charge in [0.25, 0.3) is 0 Å². The second kappa shape index (κ2) is 4.61. The van der Waals surface area contributed by atoms with E-state index in [9.17, 15) is 0 Å². The van der Waals surface area contributed by atoms with Crippen molar-refractivity contribution in [3.8, 4) is 0 Å². The Bertz CT molecular complexity index is 971. The van der Waals surface area contributed by atoms with Crippen LogP contribution < -0.4 is 0 Å². The van der Waals surface area contributed by atoms with E-state index in [1.165, 1.54) is 37.9 Å². The van der Waals surface area contributed by atoms with Gasteiger partial charge in [-0.3, -0.25) is 0 Å². The molecule has 0 heterocycles. The van der Waals surface area contributed by atoms with Crippen LogP contribution >= 0.6 is 0 Å². The van der Waals surface area contributed by atoms with Gasteiger partial charge < -0.3 is 0 Å². The van der Waals surface area contributed by atoms with Gasteiger partial charge in [0.15, 0.2) is 0 Å². The van der Waals surface area contributed by atoms with Crippen LogP contribution in [0.4, 0.5) is 0 Å². The lowest BCUT2D eigenvalue weighted by Crippen LogP contribution is -2.16. The second-order valence-corrected chi connectivity index (χ2v) is 6.57. The van der Waals surface area contributed by atoms with Crippen molar-refractivity contribution in [2.75, 3.05) is 0 Å². The lowest BCUT2D eigenvalue weighted by atomic mass is 9.67. The van der Waals surface area contributed by atoms with Gasteiger partial charge in [-0.25, -0.2) is 0 Å². The molecular weight excluding hydrogens is 263 g/mol. The number of hydrogen-bond donors (Lipinski definition) is 0. The van der Waals surface area contributed by atoms with Crippen molar-refractivity contribution in [2.45, 2.75) is 19.2 Å². The summed E-state index contributed by atoms with van der Waals surface area (Å²) in [6.45, 7) is 4.11. The van der Waals surface area contributed by atoms with Crippen molar-refractivity contribution in [1.29, 1.82) is 0 Å². The number of hydrogen-bond acceptors (Lipinski definition) is 0. The summed E-state index contributed by atoms with van der Waals surface area (Å²) in [5.41, 5.74) is 1.17. The van der Waals surface area contributed by atoms with E-state index in [2.05, 4.69) is 80.6 Å². The molecule has 0 aliphatic heterocycles. The van der Waals surface area contributed by atoms with Crippen LogP contribution in [0.5, 0.6) is 0 Å². The average molecular weight is 280 g/mol. The molecule has 0 saturated carbocycles. The highest BCUT2D eigenvalue weighted by molar-refractivity contribution is 6.25. The van der Waals surface area contributed by atoms with E-state index < -0.39 is 0 Å². The molecular formula is C21H17B. The molecule has 4 aromatic carbocycles. The molecule has 0 amide bonds. The Labute approximate surface area is 132 Å². The van der Waals surface area contributed by atoms with E-state index in [1.54, 1.807) is 0 Å². The van der Waals surface area contributed by atoms with Gasteiger partial charge in [0.1, 0.15) is 0 Å². The summed E-state index contributed by atoms with van der Waals surface area (Å²) in [7, 11) is 6.30. The molecule has 0 unspecified atom stereocenters. The predicted molar refractivity (Wildman–Crippen MR) is 97.7 cm³/mol. The van der Waals surface area contributed by atoms with Gasteiger partial charge in [-0.2, -0.15) is 0 Å². The molecule has 0 bridgehead atoms. The third kappa shape index (κ3) is 1.93. The quantitative estimate of drug-likeness (QED) is 0.317. The molecule has 0 nitrogen and oxygen atoms in total. The van der Waals surface area contributed by atoms with Crippen molar-refractivity contribution in [2.24, 2.45) is 0 Å². The molecule has 0 fully saturated rings. The SMILES string of the molecule is [B]C(C)(C)c1ccc2c3ccccc3c3ccccc3c2c1. The third-order valence-corrected chi connectivity index (χ3v) is 4.49. The van der Waals surface area contributed by atoms with Crippen LogP contribution in [0, 0.1) is 0 Å². The molecule has 0 aromatic heterocycles. The Morgan fingerprint density at radius 1 is 0.591 bits per heavy atom. The molecule has 0 aliphatic rings. The van der Waals surface area contributed by atoms with E-state index in [0.29, 0.717) is 0 Å². The van der Waals surface area contributed by atoms with Gasteiger partial charge in [-0.1, -0.05) is 86.1 Å². The maximum Gasteiger partial charge on any atom is 0.0802 e. The van der Waals surface area contributed by atoms with Gasteiger partial charge in [-0.05, 0) is 37.6 Å². The first-order chi connectivity index (χ1) is 10.6. The largest absolute Gasteiger partial charge is 0.0802 e. The van der Waals surface area contributed by atoms with Crippen LogP contribution in [0.3, 0.4) is 0 Å². The van der Waals surface area contributed by atoms with Crippen molar-refractivity contribution >= 4 is 40.2 Å². The third-order valence-electron chi connectivity index (χ3n) is 4.49. The predicted octanol–water partition coefficient (Wildman–Crippen LogP) is 5.55. The van der Waals surface area contributed by atoms with Gasteiger partial charge in [0, 0.05) is 0 Å². The molecule has 0 atom stereocenters. The van der Waals surface area contributed by atoms with Crippen molar-refractivity contribution < 1.29 is 0 Å². The average Bonchev–Trinajstić information content (AvgIpc) is 2.54. The summed E-state index contributed by atoms with van der Waals surface area (Å²) in [4.78, 5) is 0. The minimum absolute atomic E-state index is 0.332. The molecule has 0 N–H and O–H groups in total. The minimum atomic E-state index is -0.332. The standard InChI is InChI=1S/C21H17B/c1-21(2,22)14-11-12-19-17-9-4-3-7-15(17)16-8-5-6-10-18(16)20(19)13-14/h3-13H,1-2H3. The zero-order valence-corrected chi connectivity index (χ0v) is 12.9. The zero-order chi connectivity index (χ0) is 15.3. The first-order valence-electron chi connectivity index (χ1n) is 7.68. The van der Waals surface area contributed by atoms with Gasteiger partial charge in [-0.15, -0.1) is 0 Å². The van der Waals surface area contributed by atoms with Gasteiger partial charge in [0.2, 0.25) is 0 Å². The maximum atomic E-state index is 6.30. The summed E-state index contributed by atoms with van der Waals surface area (Å²) >= 11 is 0. The van der Waals surface area contributed by atoms with Crippen LogP contribution in [-0.2, 0) is 5.31 Å². The van der Waals surface area contributed by atoms with E-state index >= 15 is 0 Å². The first kappa shape index (κ1) is 13.4. The topological polar surface area (TPSA) is 0 Å². The summed E-state index contributed by atoms with van der Waals surface area (Å²) in [5, 5.41) is 7.46. The fourth-order valence-corrected chi connectivity index (χ4v) is 3.31. The zero-order valence-electron chi connectivity index (χ0n) is 12.9. The Morgan fingerprint density at radius 3 is 1.45 bits per heavy atom. The molecule has 0 saturated heterocycles. The molecule has 1 heteroatoms. The van der Waals surface area contributed by atoms with E-state index in [4.69, 9.17) is 7.85 Å². The molecule has 2 radical (unpaired) electrons. The van der Waals surface area contributed by atoms with E-state index in [1.807, 2.05) is 0 Å². The molecule has 4 aromatic rings. The van der Waals surface area contributed by atoms with E-state index in [0.717, 1.165) is 0 Å². The summed E-state index contributed by atoms with van der Waals surface area (Å²) in [5.74, 6) is 0. The molecule has 0 aliphatic carbocycles. The van der Waals surface area contributed by atoms with Gasteiger partial charge in [0.05, 0.1) is 7.85 Å². The second-order valence-electron chi connectivity index (χ2n) is 6.57. The van der Waals surface area contributed by atoms with Crippen molar-refractivity contribution in [3.05, 3.63) is 72.3 Å². The minimum Gasteiger partial charge on any atom is -0.0639 e. The van der Waals surface area contributed by atoms with Crippen LogP contribution in [0.1, 0.15) is 19.4 Å². The maximum absolute atomic E-state index is 6.30. The van der Waals surface area contributed by atoms with Gasteiger partial charge >= 0.3 is 0 Å². The molecule has 104 valence electrons. The Hall–Kier alpha value is -2.28. The normalized spacial score (nSPS) is 12.3. The summed E-state index contributed by atoms with van der Waals surface area (Å²) in [6, 6.07) is 23.9. The van der Waals surface area contributed by atoms with Crippen molar-refractivity contribution in [3.63, 3.8) is 0 Å². The highest BCUT2D eigenvalue weighted by atomic mass is 14.2. The Kier molecular flexibility index (Phi) is 2.81. The highest BCUT2D eigenvalue weighted by Crippen LogP contribution is 2.36. The number of rotatable bonds is 1. The summed E-state index contributed by atoms with van der Waals surface area (Å²) < 4.78 is 0. The number of fused-ring (bicyclic) bond motifs is 6. The number of benzene rings is 4. The monoisotopic (exact) mass is 280 g/mol. The Balaban J connectivity index is 2.27. The molecule has 22 heavy (non-hydrogen) atoms. The molecule has 4 rings (SSSR count). The van der Waals surface area contributed by atoms with Crippen LogP contribution in [0.2, 0.25) is 0 Å².